The van der Waals surface area contributed by atoms with Crippen LogP contribution in [0.1, 0.15) is 33.6 Å². The van der Waals surface area contributed by atoms with Crippen molar-refractivity contribution in [3.63, 3.8) is 0 Å². The Morgan fingerprint density at radius 3 is 2.82 bits per heavy atom. The third-order valence-electron chi connectivity index (χ3n) is 3.72. The van der Waals surface area contributed by atoms with E-state index in [0.717, 1.165) is 0 Å². The summed E-state index contributed by atoms with van der Waals surface area (Å²) in [4.78, 5) is 11.6. The van der Waals surface area contributed by atoms with E-state index in [-0.39, 0.29) is 18.5 Å². The van der Waals surface area contributed by atoms with Crippen molar-refractivity contribution < 1.29 is 23.4 Å². The maximum Gasteiger partial charge on any atom is 0.306 e. The van der Waals surface area contributed by atoms with E-state index in [1.165, 1.54) is 6.08 Å². The second-order valence-electron chi connectivity index (χ2n) is 5.94. The molecule has 2 fully saturated rings. The van der Waals surface area contributed by atoms with Gasteiger partial charge in [-0.1, -0.05) is 30.9 Å². The van der Waals surface area contributed by atoms with Gasteiger partial charge in [0.05, 0.1) is 0 Å². The highest BCUT2D eigenvalue weighted by atomic mass is 19.1. The van der Waals surface area contributed by atoms with Gasteiger partial charge in [0, 0.05) is 6.42 Å². The second kappa shape index (κ2) is 6.75. The highest BCUT2D eigenvalue weighted by Gasteiger charge is 2.50. The summed E-state index contributed by atoms with van der Waals surface area (Å²) in [5.41, 5.74) is 0.431. The zero-order valence-corrected chi connectivity index (χ0v) is 13.3. The molecule has 0 aromatic carbocycles. The summed E-state index contributed by atoms with van der Waals surface area (Å²) < 4.78 is 31.9. The maximum absolute atomic E-state index is 15.0. The summed E-state index contributed by atoms with van der Waals surface area (Å²) in [5, 5.41) is 0. The summed E-state index contributed by atoms with van der Waals surface area (Å²) in [5.74, 6) is -1.26. The van der Waals surface area contributed by atoms with Gasteiger partial charge in [-0.2, -0.15) is 0 Å². The van der Waals surface area contributed by atoms with Gasteiger partial charge in [-0.15, -0.1) is 0 Å². The zero-order chi connectivity index (χ0) is 16.3. The summed E-state index contributed by atoms with van der Waals surface area (Å²) in [6.07, 6.45) is 3.91. The molecule has 2 aliphatic heterocycles. The number of rotatable bonds is 4. The van der Waals surface area contributed by atoms with E-state index in [9.17, 15) is 4.79 Å². The number of carbonyl (C=O) groups excluding carboxylic acids is 1. The van der Waals surface area contributed by atoms with Gasteiger partial charge in [0.25, 0.3) is 0 Å². The first-order chi connectivity index (χ1) is 10.4. The van der Waals surface area contributed by atoms with E-state index in [4.69, 9.17) is 14.2 Å². The molecule has 0 N–H and O–H groups in total. The third-order valence-corrected chi connectivity index (χ3v) is 3.72. The molecule has 0 saturated carbocycles. The Hall–Kier alpha value is -1.46. The monoisotopic (exact) mass is 310 g/mol. The number of hydrogen-bond donors (Lipinski definition) is 0. The molecule has 0 aromatic heterocycles. The lowest BCUT2D eigenvalue weighted by Gasteiger charge is -2.47. The van der Waals surface area contributed by atoms with Crippen LogP contribution in [-0.2, 0) is 19.0 Å². The number of ether oxygens (including phenoxy) is 3. The van der Waals surface area contributed by atoms with Crippen LogP contribution >= 0.6 is 0 Å². The smallest absolute Gasteiger partial charge is 0.306 e. The van der Waals surface area contributed by atoms with Crippen molar-refractivity contribution in [1.82, 2.24) is 0 Å². The number of carbonyl (C=O) groups is 1. The average Bonchev–Trinajstić information content (AvgIpc) is 2.45. The van der Waals surface area contributed by atoms with Crippen LogP contribution in [0.15, 0.2) is 36.5 Å². The predicted octanol–water partition coefficient (Wildman–Crippen LogP) is 3.24. The van der Waals surface area contributed by atoms with Crippen LogP contribution < -0.4 is 0 Å². The first-order valence-electron chi connectivity index (χ1n) is 7.52. The molecule has 122 valence electrons. The molecule has 5 heteroatoms. The first kappa shape index (κ1) is 16.9. The molecule has 0 radical (unpaired) electrons. The lowest BCUT2D eigenvalue weighted by molar-refractivity contribution is -0.345. The standard InChI is InChI=1S/C17H23FO4/c1-5-7-11(8-6-2)14(18)16-15-12(9-10-13(19)20-15)21-17(3,4)22-16/h5-8,12,14-16H,1,9-10H2,2-4H3/b8-6-,11-7+. The van der Waals surface area contributed by atoms with Crippen molar-refractivity contribution in [2.75, 3.05) is 0 Å². The van der Waals surface area contributed by atoms with Crippen molar-refractivity contribution in [3.8, 4) is 0 Å². The Labute approximate surface area is 130 Å². The molecule has 2 rings (SSSR count). The Kier molecular flexibility index (Phi) is 5.19. The van der Waals surface area contributed by atoms with Crippen molar-refractivity contribution in [2.24, 2.45) is 0 Å². The third kappa shape index (κ3) is 3.65. The minimum Gasteiger partial charge on any atom is -0.457 e. The van der Waals surface area contributed by atoms with Gasteiger partial charge in [0.2, 0.25) is 0 Å². The number of alkyl halides is 1. The summed E-state index contributed by atoms with van der Waals surface area (Å²) >= 11 is 0. The molecule has 2 heterocycles. The van der Waals surface area contributed by atoms with E-state index in [1.807, 2.05) is 6.92 Å². The fourth-order valence-electron chi connectivity index (χ4n) is 2.89. The largest absolute Gasteiger partial charge is 0.457 e. The molecule has 2 saturated heterocycles. The Morgan fingerprint density at radius 2 is 2.18 bits per heavy atom. The first-order valence-corrected chi connectivity index (χ1v) is 7.52. The molecule has 4 unspecified atom stereocenters. The normalized spacial score (nSPS) is 33.2. The Morgan fingerprint density at radius 1 is 1.45 bits per heavy atom. The fraction of sp³-hybridized carbons (Fsp3) is 0.588. The molecule has 0 spiro atoms. The second-order valence-corrected chi connectivity index (χ2v) is 5.94. The summed E-state index contributed by atoms with van der Waals surface area (Å²) in [7, 11) is 0. The van der Waals surface area contributed by atoms with Gasteiger partial charge in [0.15, 0.2) is 18.1 Å². The lowest BCUT2D eigenvalue weighted by Crippen LogP contribution is -2.60. The molecular weight excluding hydrogens is 287 g/mol. The number of allylic oxidation sites excluding steroid dienone is 4. The highest BCUT2D eigenvalue weighted by Crippen LogP contribution is 2.37. The van der Waals surface area contributed by atoms with Crippen LogP contribution in [0.25, 0.3) is 0 Å². The van der Waals surface area contributed by atoms with E-state index < -0.39 is 24.2 Å². The molecule has 22 heavy (non-hydrogen) atoms. The zero-order valence-electron chi connectivity index (χ0n) is 13.3. The van der Waals surface area contributed by atoms with Crippen LogP contribution in [0.3, 0.4) is 0 Å². The molecule has 0 aliphatic carbocycles. The van der Waals surface area contributed by atoms with Crippen molar-refractivity contribution in [3.05, 3.63) is 36.5 Å². The summed E-state index contributed by atoms with van der Waals surface area (Å²) in [6.45, 7) is 8.90. The summed E-state index contributed by atoms with van der Waals surface area (Å²) in [6, 6.07) is 0. The van der Waals surface area contributed by atoms with Crippen LogP contribution in [0, 0.1) is 0 Å². The van der Waals surface area contributed by atoms with Crippen LogP contribution in [0.5, 0.6) is 0 Å². The van der Waals surface area contributed by atoms with E-state index in [0.29, 0.717) is 12.0 Å². The van der Waals surface area contributed by atoms with Crippen molar-refractivity contribution in [2.45, 2.75) is 63.9 Å². The van der Waals surface area contributed by atoms with Gasteiger partial charge in [0.1, 0.15) is 12.2 Å². The van der Waals surface area contributed by atoms with Crippen LogP contribution in [0.4, 0.5) is 4.39 Å². The Balaban J connectivity index is 2.29. The van der Waals surface area contributed by atoms with Gasteiger partial charge in [-0.3, -0.25) is 4.79 Å². The minimum atomic E-state index is -1.43. The average molecular weight is 310 g/mol. The van der Waals surface area contributed by atoms with E-state index in [2.05, 4.69) is 6.58 Å². The van der Waals surface area contributed by atoms with Crippen LogP contribution in [-0.4, -0.2) is 36.2 Å². The van der Waals surface area contributed by atoms with Gasteiger partial charge < -0.3 is 14.2 Å². The minimum absolute atomic E-state index is 0.283. The maximum atomic E-state index is 15.0. The van der Waals surface area contributed by atoms with Gasteiger partial charge in [-0.25, -0.2) is 4.39 Å². The molecule has 0 aromatic rings. The molecule has 4 atom stereocenters. The Bertz CT molecular complexity index is 495. The highest BCUT2D eigenvalue weighted by molar-refractivity contribution is 5.70. The van der Waals surface area contributed by atoms with Gasteiger partial charge >= 0.3 is 5.97 Å². The predicted molar refractivity (Wildman–Crippen MR) is 80.9 cm³/mol. The molecule has 4 nitrogen and oxygen atoms in total. The molecular formula is C17H23FO4. The molecule has 2 aliphatic rings. The number of hydrogen-bond acceptors (Lipinski definition) is 4. The topological polar surface area (TPSA) is 44.8 Å². The molecule has 0 bridgehead atoms. The number of esters is 1. The number of fused-ring (bicyclic) bond motifs is 1. The molecule has 0 amide bonds. The van der Waals surface area contributed by atoms with E-state index >= 15 is 4.39 Å². The van der Waals surface area contributed by atoms with Crippen molar-refractivity contribution in [1.29, 1.82) is 0 Å². The van der Waals surface area contributed by atoms with Crippen LogP contribution in [0.2, 0.25) is 0 Å². The fourth-order valence-corrected chi connectivity index (χ4v) is 2.89. The SMILES string of the molecule is C=C/C=C(\C=C/C)C(F)C1OC(C)(C)OC2CCC(=O)OC21. The van der Waals surface area contributed by atoms with Gasteiger partial charge in [-0.05, 0) is 32.8 Å². The lowest BCUT2D eigenvalue weighted by atomic mass is 9.92. The number of halogens is 1. The van der Waals surface area contributed by atoms with E-state index in [1.54, 1.807) is 32.1 Å². The van der Waals surface area contributed by atoms with Crippen molar-refractivity contribution >= 4 is 5.97 Å². The quantitative estimate of drug-likeness (QED) is 0.591.